The summed E-state index contributed by atoms with van der Waals surface area (Å²) in [5.41, 5.74) is 10.2. The molecule has 4 aromatic rings. The van der Waals surface area contributed by atoms with Crippen LogP contribution in [0.3, 0.4) is 0 Å². The maximum atomic E-state index is 13.0. The Morgan fingerprint density at radius 1 is 1.22 bits per heavy atom. The summed E-state index contributed by atoms with van der Waals surface area (Å²) in [5.74, 6) is 0.532. The number of nitrogens with one attached hydrogen (secondary N) is 1. The Morgan fingerprint density at radius 3 is 2.78 bits per heavy atom. The highest BCUT2D eigenvalue weighted by Crippen LogP contribution is 2.23. The van der Waals surface area contributed by atoms with Gasteiger partial charge in [-0.15, -0.1) is 0 Å². The lowest BCUT2D eigenvalue weighted by molar-refractivity contribution is 0.239. The van der Waals surface area contributed by atoms with Crippen molar-refractivity contribution >= 4 is 28.3 Å². The van der Waals surface area contributed by atoms with E-state index in [1.54, 1.807) is 24.3 Å². The zero-order valence-electron chi connectivity index (χ0n) is 17.4. The molecule has 0 radical (unpaired) electrons. The Balaban J connectivity index is 1.42. The summed E-state index contributed by atoms with van der Waals surface area (Å²) in [6, 6.07) is 10.6. The van der Waals surface area contributed by atoms with Gasteiger partial charge >= 0.3 is 0 Å². The first-order valence-electron chi connectivity index (χ1n) is 10.3. The molecule has 3 N–H and O–H groups in total. The number of nitrogens with two attached hydrogens (primary N) is 1. The average molecular weight is 449 g/mol. The fourth-order valence-corrected chi connectivity index (χ4v) is 4.20. The van der Waals surface area contributed by atoms with Gasteiger partial charge in [-0.05, 0) is 48.9 Å². The number of aromatic amines is 1. The van der Waals surface area contributed by atoms with Crippen LogP contribution in [0.2, 0.25) is 5.02 Å². The van der Waals surface area contributed by atoms with E-state index >= 15 is 0 Å². The molecule has 0 aliphatic carbocycles. The first kappa shape index (κ1) is 20.5. The van der Waals surface area contributed by atoms with Gasteiger partial charge in [0.05, 0.1) is 22.9 Å². The molecule has 0 spiro atoms. The zero-order valence-corrected chi connectivity index (χ0v) is 18.2. The number of aryl methyl sites for hydroxylation is 1. The molecule has 0 amide bonds. The molecule has 0 fully saturated rings. The third-order valence-corrected chi connectivity index (χ3v) is 6.26. The van der Waals surface area contributed by atoms with Crippen LogP contribution in [0.25, 0.3) is 22.4 Å². The summed E-state index contributed by atoms with van der Waals surface area (Å²) in [7, 11) is 0. The number of fused-ring (bicyclic) bond motifs is 2. The number of hydrogen-bond donors (Lipinski definition) is 2. The van der Waals surface area contributed by atoms with E-state index in [9.17, 15) is 9.59 Å². The fraction of sp³-hybridized carbons (Fsp3) is 0.208. The summed E-state index contributed by atoms with van der Waals surface area (Å²) < 4.78 is 5.69. The van der Waals surface area contributed by atoms with Gasteiger partial charge in [0.2, 0.25) is 0 Å². The molecule has 0 bridgehead atoms. The van der Waals surface area contributed by atoms with Gasteiger partial charge in [-0.25, -0.2) is 4.98 Å². The third-order valence-electron chi connectivity index (χ3n) is 5.85. The van der Waals surface area contributed by atoms with Crippen LogP contribution in [0.5, 0.6) is 0 Å². The second kappa shape index (κ2) is 7.93. The van der Waals surface area contributed by atoms with Crippen LogP contribution >= 0.6 is 11.6 Å². The zero-order chi connectivity index (χ0) is 22.4. The molecule has 162 valence electrons. The number of anilines is 1. The summed E-state index contributed by atoms with van der Waals surface area (Å²) >= 11 is 6.20. The minimum atomic E-state index is -0.167. The number of halogens is 1. The summed E-state index contributed by atoms with van der Waals surface area (Å²) in [6.07, 6.45) is 2.12. The van der Waals surface area contributed by atoms with E-state index in [0.717, 1.165) is 16.8 Å². The van der Waals surface area contributed by atoms with Crippen molar-refractivity contribution in [3.63, 3.8) is 0 Å². The lowest BCUT2D eigenvalue weighted by Crippen LogP contribution is -2.36. The molecular formula is C24H21ClN4O3. The van der Waals surface area contributed by atoms with Crippen LogP contribution in [0.4, 0.5) is 5.69 Å². The molecule has 0 saturated carbocycles. The van der Waals surface area contributed by atoms with E-state index in [0.29, 0.717) is 64.7 Å². The first-order chi connectivity index (χ1) is 15.4. The molecule has 0 atom stereocenters. The van der Waals surface area contributed by atoms with Gasteiger partial charge in [-0.3, -0.25) is 14.5 Å². The highest BCUT2D eigenvalue weighted by atomic mass is 35.5. The van der Waals surface area contributed by atoms with E-state index in [4.69, 9.17) is 21.8 Å². The van der Waals surface area contributed by atoms with Crippen molar-refractivity contribution in [1.29, 1.82) is 0 Å². The predicted molar refractivity (Wildman–Crippen MR) is 125 cm³/mol. The topological polar surface area (TPSA) is 105 Å². The normalized spacial score (nSPS) is 13.9. The number of H-pyrrole nitrogens is 1. The summed E-state index contributed by atoms with van der Waals surface area (Å²) in [4.78, 5) is 35.4. The minimum absolute atomic E-state index is 0.107. The molecule has 8 heteroatoms. The average Bonchev–Trinajstić information content (AvgIpc) is 2.78. The maximum absolute atomic E-state index is 13.0. The molecule has 5 rings (SSSR count). The highest BCUT2D eigenvalue weighted by molar-refractivity contribution is 6.32. The molecule has 7 nitrogen and oxygen atoms in total. The molecule has 0 saturated heterocycles. The van der Waals surface area contributed by atoms with Gasteiger partial charge in [0.25, 0.3) is 5.56 Å². The van der Waals surface area contributed by atoms with Crippen molar-refractivity contribution < 1.29 is 4.42 Å². The van der Waals surface area contributed by atoms with E-state index in [1.165, 1.54) is 6.26 Å². The lowest BCUT2D eigenvalue weighted by atomic mass is 10.0. The largest absolute Gasteiger partial charge is 0.464 e. The number of aromatic nitrogens is 2. The van der Waals surface area contributed by atoms with Gasteiger partial charge in [-0.2, -0.15) is 0 Å². The molecule has 32 heavy (non-hydrogen) atoms. The van der Waals surface area contributed by atoms with Crippen molar-refractivity contribution in [3.8, 4) is 11.4 Å². The van der Waals surface area contributed by atoms with Crippen molar-refractivity contribution in [2.24, 2.45) is 0 Å². The maximum Gasteiger partial charge on any atom is 0.255 e. The second-order valence-corrected chi connectivity index (χ2v) is 8.52. The quantitative estimate of drug-likeness (QED) is 0.463. The van der Waals surface area contributed by atoms with Crippen LogP contribution in [0, 0.1) is 6.92 Å². The molecule has 1 aliphatic heterocycles. The number of benzene rings is 2. The number of nitrogen functional groups attached to an aromatic ring is 1. The van der Waals surface area contributed by atoms with Crippen LogP contribution in [-0.2, 0) is 19.5 Å². The van der Waals surface area contributed by atoms with E-state index < -0.39 is 0 Å². The first-order valence-corrected chi connectivity index (χ1v) is 10.7. The Morgan fingerprint density at radius 2 is 2.00 bits per heavy atom. The third kappa shape index (κ3) is 3.70. The number of rotatable bonds is 3. The van der Waals surface area contributed by atoms with Crippen LogP contribution in [-0.4, -0.2) is 21.4 Å². The van der Waals surface area contributed by atoms with E-state index in [-0.39, 0.29) is 11.0 Å². The molecule has 1 aliphatic rings. The molecule has 0 unspecified atom stereocenters. The summed E-state index contributed by atoms with van der Waals surface area (Å²) in [5, 5.41) is 0.992. The molecule has 2 aromatic heterocycles. The smallest absolute Gasteiger partial charge is 0.255 e. The van der Waals surface area contributed by atoms with Gasteiger partial charge in [0.15, 0.2) is 5.43 Å². The molecule has 2 aromatic carbocycles. The summed E-state index contributed by atoms with van der Waals surface area (Å²) in [6.45, 7) is 3.33. The number of hydrogen-bond acceptors (Lipinski definition) is 6. The molecular weight excluding hydrogens is 428 g/mol. The van der Waals surface area contributed by atoms with Gasteiger partial charge in [0, 0.05) is 47.9 Å². The fourth-order valence-electron chi connectivity index (χ4n) is 4.03. The monoisotopic (exact) mass is 448 g/mol. The Bertz CT molecular complexity index is 1460. The minimum Gasteiger partial charge on any atom is -0.464 e. The second-order valence-electron chi connectivity index (χ2n) is 8.11. The van der Waals surface area contributed by atoms with Gasteiger partial charge < -0.3 is 15.1 Å². The number of nitrogens with zero attached hydrogens (tertiary/aromatic N) is 2. The lowest BCUT2D eigenvalue weighted by Gasteiger charge is -2.27. The van der Waals surface area contributed by atoms with Crippen molar-refractivity contribution in [1.82, 2.24) is 14.9 Å². The molecule has 3 heterocycles. The van der Waals surface area contributed by atoms with Crippen molar-refractivity contribution in [2.45, 2.75) is 26.4 Å². The SMILES string of the molecule is Cc1cc2occ(CN3CCc4nc(-c5ccc(N)cc5)[nH]c(=O)c4C3)c(=O)c2cc1Cl. The van der Waals surface area contributed by atoms with E-state index in [1.807, 2.05) is 19.1 Å². The van der Waals surface area contributed by atoms with Crippen LogP contribution < -0.4 is 16.7 Å². The van der Waals surface area contributed by atoms with Crippen LogP contribution in [0.1, 0.15) is 22.4 Å². The Labute approximate surface area is 188 Å². The van der Waals surface area contributed by atoms with Crippen LogP contribution in [0.15, 0.2) is 56.7 Å². The predicted octanol–water partition coefficient (Wildman–Crippen LogP) is 3.65. The van der Waals surface area contributed by atoms with E-state index in [2.05, 4.69) is 14.9 Å². The van der Waals surface area contributed by atoms with Gasteiger partial charge in [-0.1, -0.05) is 11.6 Å². The van der Waals surface area contributed by atoms with Crippen molar-refractivity contribution in [2.75, 3.05) is 12.3 Å². The Kier molecular flexibility index (Phi) is 5.07. The Hall–Kier alpha value is -3.42. The highest BCUT2D eigenvalue weighted by Gasteiger charge is 2.23. The van der Waals surface area contributed by atoms with Gasteiger partial charge in [0.1, 0.15) is 11.4 Å². The standard InChI is InChI=1S/C24H21ClN4O3/c1-13-8-21-17(9-19(13)25)22(30)15(12-32-21)10-29-7-6-20-18(11-29)24(31)28-23(27-20)14-2-4-16(26)5-3-14/h2-5,8-9,12H,6-7,10-11,26H2,1H3,(H,27,28,31). The van der Waals surface area contributed by atoms with Crippen molar-refractivity contribution in [3.05, 3.63) is 90.6 Å².